The average molecular weight is 281 g/mol. The first kappa shape index (κ1) is 15.8. The monoisotopic (exact) mass is 281 g/mol. The van der Waals surface area contributed by atoms with Gasteiger partial charge in [-0.05, 0) is 51.7 Å². The summed E-state index contributed by atoms with van der Waals surface area (Å²) in [5.41, 5.74) is -0.198. The Bertz CT molecular complexity index is 318. The molecule has 2 heterocycles. The van der Waals surface area contributed by atoms with Crippen LogP contribution in [0.1, 0.15) is 46.5 Å². The van der Waals surface area contributed by atoms with Crippen LogP contribution in [0.25, 0.3) is 0 Å². The summed E-state index contributed by atoms with van der Waals surface area (Å²) in [5.74, 6) is 0.640. The smallest absolute Gasteiger partial charge is 0.228 e. The number of likely N-dealkylation sites (tertiary alicyclic amines) is 1. The molecule has 2 unspecified atom stereocenters. The van der Waals surface area contributed by atoms with Gasteiger partial charge in [0.25, 0.3) is 0 Å². The highest BCUT2D eigenvalue weighted by molar-refractivity contribution is 5.83. The van der Waals surface area contributed by atoms with E-state index in [1.165, 1.54) is 32.4 Å². The Morgan fingerprint density at radius 3 is 2.50 bits per heavy atom. The van der Waals surface area contributed by atoms with Crippen molar-refractivity contribution in [2.75, 3.05) is 32.7 Å². The molecule has 116 valence electrons. The predicted molar refractivity (Wildman–Crippen MR) is 82.7 cm³/mol. The fourth-order valence-electron chi connectivity index (χ4n) is 3.60. The van der Waals surface area contributed by atoms with Crippen LogP contribution in [0.4, 0.5) is 0 Å². The van der Waals surface area contributed by atoms with Crippen LogP contribution in [0.3, 0.4) is 0 Å². The minimum Gasteiger partial charge on any atom is -0.352 e. The molecule has 0 saturated carbocycles. The second-order valence-corrected chi connectivity index (χ2v) is 6.97. The molecule has 0 radical (unpaired) electrons. The van der Waals surface area contributed by atoms with E-state index in [1.54, 1.807) is 0 Å². The first-order valence-corrected chi connectivity index (χ1v) is 8.28. The van der Waals surface area contributed by atoms with Crippen molar-refractivity contribution in [1.29, 1.82) is 0 Å². The molecule has 2 aliphatic rings. The minimum atomic E-state index is -0.198. The maximum absolute atomic E-state index is 12.7. The maximum atomic E-state index is 12.7. The molecule has 0 aromatic heterocycles. The molecule has 0 aromatic carbocycles. The molecule has 4 nitrogen and oxygen atoms in total. The van der Waals surface area contributed by atoms with E-state index in [4.69, 9.17) is 0 Å². The van der Waals surface area contributed by atoms with Gasteiger partial charge < -0.3 is 15.5 Å². The van der Waals surface area contributed by atoms with Gasteiger partial charge in [-0.3, -0.25) is 4.79 Å². The van der Waals surface area contributed by atoms with E-state index >= 15 is 0 Å². The van der Waals surface area contributed by atoms with Crippen molar-refractivity contribution < 1.29 is 4.79 Å². The topological polar surface area (TPSA) is 44.4 Å². The molecule has 0 aromatic rings. The summed E-state index contributed by atoms with van der Waals surface area (Å²) in [5, 5.41) is 6.63. The third-order valence-corrected chi connectivity index (χ3v) is 5.10. The van der Waals surface area contributed by atoms with Crippen molar-refractivity contribution >= 4 is 5.91 Å². The number of hydrogen-bond donors (Lipinski definition) is 2. The van der Waals surface area contributed by atoms with Gasteiger partial charge in [-0.15, -0.1) is 0 Å². The number of hydrogen-bond acceptors (Lipinski definition) is 3. The standard InChI is InChI=1S/C16H31N3O/c1-13(2)16(7-8-17-12-16)15(20)18-14(3)11-19-9-5-4-6-10-19/h13-14,17H,4-12H2,1-3H3,(H,18,20). The van der Waals surface area contributed by atoms with Crippen molar-refractivity contribution in [1.82, 2.24) is 15.5 Å². The predicted octanol–water partition coefficient (Wildman–Crippen LogP) is 1.61. The number of nitrogens with zero attached hydrogens (tertiary/aromatic N) is 1. The Morgan fingerprint density at radius 2 is 1.95 bits per heavy atom. The zero-order valence-electron chi connectivity index (χ0n) is 13.4. The van der Waals surface area contributed by atoms with Gasteiger partial charge in [-0.1, -0.05) is 20.3 Å². The van der Waals surface area contributed by atoms with Gasteiger partial charge in [-0.25, -0.2) is 0 Å². The summed E-state index contributed by atoms with van der Waals surface area (Å²) in [6, 6.07) is 0.247. The van der Waals surface area contributed by atoms with E-state index in [-0.39, 0.29) is 17.4 Å². The molecular weight excluding hydrogens is 250 g/mol. The van der Waals surface area contributed by atoms with E-state index in [9.17, 15) is 4.79 Å². The second kappa shape index (κ2) is 6.90. The van der Waals surface area contributed by atoms with Crippen LogP contribution in [0.15, 0.2) is 0 Å². The summed E-state index contributed by atoms with van der Waals surface area (Å²) in [7, 11) is 0. The average Bonchev–Trinajstić information content (AvgIpc) is 2.90. The lowest BCUT2D eigenvalue weighted by molar-refractivity contribution is -0.133. The zero-order valence-corrected chi connectivity index (χ0v) is 13.4. The molecule has 2 saturated heterocycles. The number of nitrogens with one attached hydrogen (secondary N) is 2. The quantitative estimate of drug-likeness (QED) is 0.805. The molecule has 20 heavy (non-hydrogen) atoms. The SMILES string of the molecule is CC(CN1CCCCC1)NC(=O)C1(C(C)C)CCNC1. The van der Waals surface area contributed by atoms with Gasteiger partial charge in [0.1, 0.15) is 0 Å². The van der Waals surface area contributed by atoms with Crippen molar-refractivity contribution in [2.45, 2.75) is 52.5 Å². The number of carbonyl (C=O) groups is 1. The zero-order chi connectivity index (χ0) is 14.6. The first-order chi connectivity index (χ1) is 9.54. The first-order valence-electron chi connectivity index (χ1n) is 8.28. The van der Waals surface area contributed by atoms with Crippen LogP contribution >= 0.6 is 0 Å². The van der Waals surface area contributed by atoms with Gasteiger partial charge in [-0.2, -0.15) is 0 Å². The molecule has 2 aliphatic heterocycles. The van der Waals surface area contributed by atoms with E-state index < -0.39 is 0 Å². The van der Waals surface area contributed by atoms with Gasteiger partial charge in [0.05, 0.1) is 5.41 Å². The van der Waals surface area contributed by atoms with Crippen LogP contribution in [0.5, 0.6) is 0 Å². The molecule has 0 bridgehead atoms. The lowest BCUT2D eigenvalue weighted by atomic mass is 9.75. The van der Waals surface area contributed by atoms with Crippen LogP contribution in [0, 0.1) is 11.3 Å². The third kappa shape index (κ3) is 3.53. The van der Waals surface area contributed by atoms with Crippen molar-refractivity contribution in [3.8, 4) is 0 Å². The molecule has 2 atom stereocenters. The number of piperidine rings is 1. The van der Waals surface area contributed by atoms with E-state index in [0.717, 1.165) is 26.1 Å². The highest BCUT2D eigenvalue weighted by atomic mass is 16.2. The number of carbonyl (C=O) groups excluding carboxylic acids is 1. The molecular formula is C16H31N3O. The van der Waals surface area contributed by atoms with Crippen molar-refractivity contribution in [3.05, 3.63) is 0 Å². The molecule has 1 amide bonds. The van der Waals surface area contributed by atoms with Crippen molar-refractivity contribution in [3.63, 3.8) is 0 Å². The molecule has 0 aliphatic carbocycles. The fourth-order valence-corrected chi connectivity index (χ4v) is 3.60. The number of rotatable bonds is 5. The maximum Gasteiger partial charge on any atom is 0.228 e. The lowest BCUT2D eigenvalue weighted by Gasteiger charge is -2.34. The summed E-state index contributed by atoms with van der Waals surface area (Å²) in [6.07, 6.45) is 4.94. The number of amides is 1. The Labute approximate surface area is 123 Å². The fraction of sp³-hybridized carbons (Fsp3) is 0.938. The van der Waals surface area contributed by atoms with Crippen molar-refractivity contribution in [2.24, 2.45) is 11.3 Å². The third-order valence-electron chi connectivity index (χ3n) is 5.10. The Hall–Kier alpha value is -0.610. The molecule has 0 spiro atoms. The largest absolute Gasteiger partial charge is 0.352 e. The normalized spacial score (nSPS) is 29.6. The van der Waals surface area contributed by atoms with Crippen LogP contribution in [0.2, 0.25) is 0 Å². The van der Waals surface area contributed by atoms with Crippen LogP contribution in [-0.2, 0) is 4.79 Å². The molecule has 4 heteroatoms. The lowest BCUT2D eigenvalue weighted by Crippen LogP contribution is -2.51. The van der Waals surface area contributed by atoms with E-state index in [0.29, 0.717) is 5.92 Å². The van der Waals surface area contributed by atoms with Gasteiger partial charge in [0.15, 0.2) is 0 Å². The van der Waals surface area contributed by atoms with E-state index in [2.05, 4.69) is 36.3 Å². The van der Waals surface area contributed by atoms with E-state index in [1.807, 2.05) is 0 Å². The Balaban J connectivity index is 1.86. The van der Waals surface area contributed by atoms with Crippen LogP contribution in [-0.4, -0.2) is 49.6 Å². The minimum absolute atomic E-state index is 0.198. The van der Waals surface area contributed by atoms with Crippen LogP contribution < -0.4 is 10.6 Å². The highest BCUT2D eigenvalue weighted by Gasteiger charge is 2.44. The summed E-state index contributed by atoms with van der Waals surface area (Å²) in [4.78, 5) is 15.2. The van der Waals surface area contributed by atoms with Gasteiger partial charge in [0.2, 0.25) is 5.91 Å². The summed E-state index contributed by atoms with van der Waals surface area (Å²) >= 11 is 0. The molecule has 2 N–H and O–H groups in total. The Kier molecular flexibility index (Phi) is 5.44. The molecule has 2 fully saturated rings. The van der Waals surface area contributed by atoms with Gasteiger partial charge >= 0.3 is 0 Å². The molecule has 2 rings (SSSR count). The second-order valence-electron chi connectivity index (χ2n) is 6.97. The highest BCUT2D eigenvalue weighted by Crippen LogP contribution is 2.34. The summed E-state index contributed by atoms with van der Waals surface area (Å²) in [6.45, 7) is 11.6. The summed E-state index contributed by atoms with van der Waals surface area (Å²) < 4.78 is 0. The Morgan fingerprint density at radius 1 is 1.25 bits per heavy atom. The van der Waals surface area contributed by atoms with Gasteiger partial charge in [0, 0.05) is 19.1 Å².